The topological polar surface area (TPSA) is 94.0 Å². The number of rotatable bonds is 7. The van der Waals surface area contributed by atoms with Gasteiger partial charge in [-0.15, -0.1) is 0 Å². The van der Waals surface area contributed by atoms with Gasteiger partial charge in [0.15, 0.2) is 0 Å². The van der Waals surface area contributed by atoms with Crippen LogP contribution in [-0.4, -0.2) is 83.2 Å². The van der Waals surface area contributed by atoms with Crippen LogP contribution in [0.1, 0.15) is 18.4 Å². The van der Waals surface area contributed by atoms with Crippen molar-refractivity contribution in [1.29, 1.82) is 0 Å². The van der Waals surface area contributed by atoms with E-state index in [1.807, 2.05) is 42.6 Å². The zero-order valence-electron chi connectivity index (χ0n) is 21.6. The second-order valence-electron chi connectivity index (χ2n) is 9.68. The van der Waals surface area contributed by atoms with Crippen LogP contribution >= 0.6 is 24.0 Å². The number of sulfonamides is 1. The molecule has 1 atom stereocenters. The van der Waals surface area contributed by atoms with Gasteiger partial charge in [-0.1, -0.05) is 54.3 Å². The number of hydrogen-bond donors (Lipinski definition) is 0. The average molecular weight is 597 g/mol. The minimum absolute atomic E-state index is 0.00519. The van der Waals surface area contributed by atoms with Gasteiger partial charge in [-0.2, -0.15) is 9.40 Å². The highest BCUT2D eigenvalue weighted by Gasteiger charge is 2.35. The van der Waals surface area contributed by atoms with E-state index in [1.54, 1.807) is 33.9 Å². The van der Waals surface area contributed by atoms with E-state index in [1.165, 1.54) is 16.1 Å². The lowest BCUT2D eigenvalue weighted by molar-refractivity contribution is -0.123. The van der Waals surface area contributed by atoms with Crippen molar-refractivity contribution >= 4 is 50.3 Å². The Morgan fingerprint density at radius 2 is 1.88 bits per heavy atom. The van der Waals surface area contributed by atoms with Crippen molar-refractivity contribution in [2.24, 2.45) is 0 Å². The number of nitrogens with zero attached hydrogens (tertiary/aromatic N) is 4. The third-order valence-corrected chi connectivity index (χ3v) is 10.3. The zero-order chi connectivity index (χ0) is 27.7. The minimum atomic E-state index is -3.70. The average Bonchev–Trinajstić information content (AvgIpc) is 3.72. The normalized spacial score (nSPS) is 21.6. The van der Waals surface area contributed by atoms with Crippen LogP contribution in [0.25, 0.3) is 23.0 Å². The molecule has 0 bridgehead atoms. The molecular weight excluding hydrogens is 569 g/mol. The molecule has 0 aliphatic carbocycles. The first-order valence-electron chi connectivity index (χ1n) is 13.1. The lowest BCUT2D eigenvalue weighted by atomic mass is 10.1. The van der Waals surface area contributed by atoms with E-state index < -0.39 is 10.0 Å². The Bertz CT molecular complexity index is 1560. The van der Waals surface area contributed by atoms with E-state index in [0.29, 0.717) is 65.5 Å². The van der Waals surface area contributed by atoms with Crippen LogP contribution in [0.2, 0.25) is 0 Å². The first-order chi connectivity index (χ1) is 19.4. The van der Waals surface area contributed by atoms with Gasteiger partial charge in [-0.25, -0.2) is 13.1 Å². The van der Waals surface area contributed by atoms with Crippen molar-refractivity contribution in [3.8, 4) is 16.9 Å². The number of carbonyl (C=O) groups excluding carboxylic acids is 1. The summed E-state index contributed by atoms with van der Waals surface area (Å²) < 4.78 is 41.5. The number of para-hydroxylation sites is 1. The smallest absolute Gasteiger partial charge is 0.266 e. The molecule has 1 aromatic heterocycles. The number of benzene rings is 2. The predicted octanol–water partition coefficient (Wildman–Crippen LogP) is 3.94. The molecule has 0 radical (unpaired) electrons. The van der Waals surface area contributed by atoms with Gasteiger partial charge in [0, 0.05) is 37.0 Å². The number of amides is 1. The van der Waals surface area contributed by atoms with Gasteiger partial charge in [-0.05, 0) is 43.2 Å². The van der Waals surface area contributed by atoms with Crippen LogP contribution in [-0.2, 0) is 24.3 Å². The molecule has 9 nitrogen and oxygen atoms in total. The van der Waals surface area contributed by atoms with E-state index in [-0.39, 0.29) is 16.9 Å². The van der Waals surface area contributed by atoms with E-state index in [9.17, 15) is 13.2 Å². The van der Waals surface area contributed by atoms with Crippen LogP contribution in [0, 0.1) is 0 Å². The molecular formula is C28H28N4O5S3. The van der Waals surface area contributed by atoms with Crippen molar-refractivity contribution in [3.63, 3.8) is 0 Å². The fourth-order valence-electron chi connectivity index (χ4n) is 4.96. The molecule has 2 aromatic carbocycles. The Hall–Kier alpha value is -2.87. The van der Waals surface area contributed by atoms with Gasteiger partial charge in [-0.3, -0.25) is 9.69 Å². The lowest BCUT2D eigenvalue weighted by Gasteiger charge is -2.26. The third kappa shape index (κ3) is 5.52. The van der Waals surface area contributed by atoms with Gasteiger partial charge < -0.3 is 9.47 Å². The highest BCUT2D eigenvalue weighted by Crippen LogP contribution is 2.36. The van der Waals surface area contributed by atoms with Gasteiger partial charge in [0.2, 0.25) is 10.0 Å². The SMILES string of the molecule is O=C1C(=Cc2cn(-c3ccccc3)nc2-c2cccc(S(=O)(=O)N3CCOCC3)c2)SC(=S)N1CC1CCCO1. The highest BCUT2D eigenvalue weighted by atomic mass is 32.2. The molecule has 0 spiro atoms. The van der Waals surface area contributed by atoms with Crippen LogP contribution in [0.3, 0.4) is 0 Å². The fraction of sp³-hybridized carbons (Fsp3) is 0.321. The highest BCUT2D eigenvalue weighted by molar-refractivity contribution is 8.26. The number of thiocarbonyl (C=S) groups is 1. The Labute approximate surface area is 242 Å². The molecule has 3 aliphatic rings. The first kappa shape index (κ1) is 27.3. The van der Waals surface area contributed by atoms with E-state index in [0.717, 1.165) is 18.5 Å². The summed E-state index contributed by atoms with van der Waals surface area (Å²) in [6.07, 6.45) is 5.53. The molecule has 12 heteroatoms. The molecule has 6 rings (SSSR count). The van der Waals surface area contributed by atoms with Crippen molar-refractivity contribution in [2.75, 3.05) is 39.5 Å². The summed E-state index contributed by atoms with van der Waals surface area (Å²) >= 11 is 6.80. The van der Waals surface area contributed by atoms with E-state index in [2.05, 4.69) is 0 Å². The summed E-state index contributed by atoms with van der Waals surface area (Å²) in [4.78, 5) is 15.7. The van der Waals surface area contributed by atoms with Crippen molar-refractivity contribution in [3.05, 3.63) is 71.3 Å². The van der Waals surface area contributed by atoms with Crippen molar-refractivity contribution < 1.29 is 22.7 Å². The maximum atomic E-state index is 13.4. The number of morpholine rings is 1. The molecule has 3 fully saturated rings. The molecule has 3 aromatic rings. The quantitative estimate of drug-likeness (QED) is 0.299. The lowest BCUT2D eigenvalue weighted by Crippen LogP contribution is -2.40. The molecule has 3 saturated heterocycles. The van der Waals surface area contributed by atoms with E-state index in [4.69, 9.17) is 26.8 Å². The standard InChI is InChI=1S/C28H28N4O5S3/c33-27-25(39-28(38)31(27)19-23-9-5-13-37-23)17-21-18-32(22-7-2-1-3-8-22)29-26(21)20-6-4-10-24(16-20)40(34,35)30-11-14-36-15-12-30/h1-4,6-8,10,16-18,23H,5,9,11-15,19H2. The van der Waals surface area contributed by atoms with Crippen LogP contribution in [0.5, 0.6) is 0 Å². The Kier molecular flexibility index (Phi) is 7.89. The Morgan fingerprint density at radius 3 is 2.62 bits per heavy atom. The van der Waals surface area contributed by atoms with Gasteiger partial charge in [0.05, 0.1) is 41.4 Å². The monoisotopic (exact) mass is 596 g/mol. The van der Waals surface area contributed by atoms with Crippen LogP contribution in [0.4, 0.5) is 0 Å². The summed E-state index contributed by atoms with van der Waals surface area (Å²) in [7, 11) is -3.70. The Balaban J connectivity index is 1.38. The molecule has 4 heterocycles. The molecule has 1 amide bonds. The summed E-state index contributed by atoms with van der Waals surface area (Å²) in [5, 5.41) is 4.83. The van der Waals surface area contributed by atoms with Crippen LogP contribution in [0.15, 0.2) is 70.6 Å². The Morgan fingerprint density at radius 1 is 1.07 bits per heavy atom. The van der Waals surface area contributed by atoms with Crippen molar-refractivity contribution in [2.45, 2.75) is 23.8 Å². The second kappa shape index (κ2) is 11.6. The molecule has 3 aliphatic heterocycles. The summed E-state index contributed by atoms with van der Waals surface area (Å²) in [6.45, 7) is 2.52. The summed E-state index contributed by atoms with van der Waals surface area (Å²) in [5.74, 6) is -0.160. The first-order valence-corrected chi connectivity index (χ1v) is 15.8. The van der Waals surface area contributed by atoms with Gasteiger partial charge in [0.1, 0.15) is 10.0 Å². The summed E-state index contributed by atoms with van der Waals surface area (Å²) in [5.41, 5.74) is 2.71. The minimum Gasteiger partial charge on any atom is -0.379 e. The summed E-state index contributed by atoms with van der Waals surface area (Å²) in [6, 6.07) is 16.4. The van der Waals surface area contributed by atoms with E-state index >= 15 is 0 Å². The number of aromatic nitrogens is 2. The predicted molar refractivity (Wildman–Crippen MR) is 157 cm³/mol. The largest absolute Gasteiger partial charge is 0.379 e. The third-order valence-electron chi connectivity index (χ3n) is 7.05. The molecule has 0 N–H and O–H groups in total. The molecule has 1 unspecified atom stereocenters. The molecule has 0 saturated carbocycles. The number of hydrogen-bond acceptors (Lipinski definition) is 8. The van der Waals surface area contributed by atoms with Gasteiger partial charge in [0.25, 0.3) is 5.91 Å². The maximum Gasteiger partial charge on any atom is 0.266 e. The number of carbonyl (C=O) groups is 1. The van der Waals surface area contributed by atoms with Crippen LogP contribution < -0.4 is 0 Å². The second-order valence-corrected chi connectivity index (χ2v) is 13.3. The maximum absolute atomic E-state index is 13.4. The zero-order valence-corrected chi connectivity index (χ0v) is 24.1. The fourth-order valence-corrected chi connectivity index (χ4v) is 7.68. The molecule has 208 valence electrons. The molecule has 40 heavy (non-hydrogen) atoms. The van der Waals surface area contributed by atoms with Gasteiger partial charge >= 0.3 is 0 Å². The number of ether oxygens (including phenoxy) is 2. The number of thioether (sulfide) groups is 1. The van der Waals surface area contributed by atoms with Crippen molar-refractivity contribution in [1.82, 2.24) is 19.0 Å².